The Morgan fingerprint density at radius 2 is 2.44 bits per heavy atom. The van der Waals surface area contributed by atoms with Crippen LogP contribution < -0.4 is 5.32 Å². The summed E-state index contributed by atoms with van der Waals surface area (Å²) in [5, 5.41) is 12.1. The third-order valence-corrected chi connectivity index (χ3v) is 2.65. The fourth-order valence-electron chi connectivity index (χ4n) is 1.88. The van der Waals surface area contributed by atoms with Crippen LogP contribution in [-0.2, 0) is 9.47 Å². The number of carbonyl (C=O) groups is 1. The average molecular weight is 255 g/mol. The third kappa shape index (κ3) is 2.44. The number of halogens is 1. The molecule has 2 N–H and O–H groups in total. The van der Waals surface area contributed by atoms with E-state index in [1.54, 1.807) is 13.0 Å². The molecular formula is C12H14FNO4. The largest absolute Gasteiger partial charge is 0.450 e. The maximum atomic E-state index is 13.7. The number of aliphatic hydroxyl groups excluding tert-OH is 1. The minimum absolute atomic E-state index is 0.00642. The van der Waals surface area contributed by atoms with Crippen LogP contribution in [0.4, 0.5) is 9.18 Å². The Kier molecular flexibility index (Phi) is 3.78. The number of ether oxygens (including phenoxy) is 2. The molecule has 0 spiro atoms. The molecule has 5 nitrogen and oxygen atoms in total. The van der Waals surface area contributed by atoms with E-state index in [0.29, 0.717) is 5.56 Å². The zero-order valence-corrected chi connectivity index (χ0v) is 9.85. The molecule has 2 atom stereocenters. The van der Waals surface area contributed by atoms with Crippen LogP contribution in [0, 0.1) is 5.82 Å². The van der Waals surface area contributed by atoms with Crippen molar-refractivity contribution in [1.82, 2.24) is 5.32 Å². The van der Waals surface area contributed by atoms with Gasteiger partial charge in [-0.05, 0) is 18.6 Å². The van der Waals surface area contributed by atoms with Crippen LogP contribution >= 0.6 is 0 Å². The van der Waals surface area contributed by atoms with Crippen LogP contribution in [0.5, 0.6) is 0 Å². The molecule has 98 valence electrons. The lowest BCUT2D eigenvalue weighted by atomic mass is 9.98. The maximum absolute atomic E-state index is 13.7. The molecule has 1 aliphatic rings. The fourth-order valence-corrected chi connectivity index (χ4v) is 1.88. The average Bonchev–Trinajstić information content (AvgIpc) is 2.33. The number of carbonyl (C=O) groups excluding carboxylic acids is 1. The molecule has 1 heterocycles. The Morgan fingerprint density at radius 3 is 3.17 bits per heavy atom. The second-order valence-corrected chi connectivity index (χ2v) is 3.84. The highest BCUT2D eigenvalue weighted by Crippen LogP contribution is 2.32. The number of nitrogens with one attached hydrogen (secondary N) is 1. The van der Waals surface area contributed by atoms with Gasteiger partial charge in [0.25, 0.3) is 0 Å². The summed E-state index contributed by atoms with van der Waals surface area (Å²) < 4.78 is 23.7. The highest BCUT2D eigenvalue weighted by atomic mass is 19.1. The zero-order valence-electron chi connectivity index (χ0n) is 9.85. The van der Waals surface area contributed by atoms with Crippen LogP contribution in [-0.4, -0.2) is 24.4 Å². The number of alkyl carbamates (subject to hydrolysis) is 1. The van der Waals surface area contributed by atoms with Crippen LogP contribution in [0.1, 0.15) is 30.4 Å². The number of hydrogen-bond acceptors (Lipinski definition) is 4. The second-order valence-electron chi connectivity index (χ2n) is 3.84. The molecule has 0 saturated heterocycles. The van der Waals surface area contributed by atoms with E-state index in [9.17, 15) is 14.3 Å². The minimum atomic E-state index is -0.941. The van der Waals surface area contributed by atoms with Crippen LogP contribution in [0.2, 0.25) is 0 Å². The standard InChI is InChI=1S/C12H14FNO4/c1-2-17-12(16)14-11-10-7(9(15)6-18-11)4-3-5-8(10)13/h3-5,9,11,15H,2,6H2,1H3,(H,14,16). The van der Waals surface area contributed by atoms with Gasteiger partial charge in [-0.1, -0.05) is 12.1 Å². The topological polar surface area (TPSA) is 67.8 Å². The summed E-state index contributed by atoms with van der Waals surface area (Å²) in [7, 11) is 0. The van der Waals surface area contributed by atoms with E-state index < -0.39 is 24.2 Å². The summed E-state index contributed by atoms with van der Waals surface area (Å²) in [4.78, 5) is 11.3. The molecule has 1 aliphatic heterocycles. The highest BCUT2D eigenvalue weighted by Gasteiger charge is 2.30. The van der Waals surface area contributed by atoms with Crippen molar-refractivity contribution in [2.45, 2.75) is 19.3 Å². The van der Waals surface area contributed by atoms with E-state index in [4.69, 9.17) is 9.47 Å². The summed E-state index contributed by atoms with van der Waals surface area (Å²) in [5.74, 6) is -0.534. The van der Waals surface area contributed by atoms with E-state index in [2.05, 4.69) is 5.32 Å². The van der Waals surface area contributed by atoms with Gasteiger partial charge in [-0.3, -0.25) is 5.32 Å². The van der Waals surface area contributed by atoms with E-state index in [1.807, 2.05) is 0 Å². The molecule has 1 aromatic rings. The molecule has 1 aromatic carbocycles. The van der Waals surface area contributed by atoms with Gasteiger partial charge in [0, 0.05) is 5.56 Å². The van der Waals surface area contributed by atoms with Crippen molar-refractivity contribution in [3.05, 3.63) is 35.1 Å². The number of hydrogen-bond donors (Lipinski definition) is 2. The van der Waals surface area contributed by atoms with Crippen molar-refractivity contribution in [2.24, 2.45) is 0 Å². The first-order chi connectivity index (χ1) is 8.63. The summed E-state index contributed by atoms with van der Waals surface area (Å²) in [6, 6.07) is 4.36. The van der Waals surface area contributed by atoms with E-state index in [0.717, 1.165) is 0 Å². The number of fused-ring (bicyclic) bond motifs is 1. The van der Waals surface area contributed by atoms with E-state index in [1.165, 1.54) is 12.1 Å². The number of amides is 1. The van der Waals surface area contributed by atoms with Crippen LogP contribution in [0.3, 0.4) is 0 Å². The number of benzene rings is 1. The first-order valence-electron chi connectivity index (χ1n) is 5.64. The Labute approximate surface area is 104 Å². The van der Waals surface area contributed by atoms with Crippen molar-refractivity contribution in [3.63, 3.8) is 0 Å². The van der Waals surface area contributed by atoms with Crippen molar-refractivity contribution < 1.29 is 23.8 Å². The van der Waals surface area contributed by atoms with Crippen molar-refractivity contribution in [1.29, 1.82) is 0 Å². The maximum Gasteiger partial charge on any atom is 0.409 e. The second kappa shape index (κ2) is 5.32. The van der Waals surface area contributed by atoms with Gasteiger partial charge in [0.2, 0.25) is 0 Å². The minimum Gasteiger partial charge on any atom is -0.450 e. The first kappa shape index (κ1) is 12.8. The molecule has 0 fully saturated rings. The number of rotatable bonds is 2. The summed E-state index contributed by atoms with van der Waals surface area (Å²) in [6.07, 6.45) is -2.52. The predicted molar refractivity (Wildman–Crippen MR) is 60.2 cm³/mol. The summed E-state index contributed by atoms with van der Waals surface area (Å²) in [6.45, 7) is 1.87. The van der Waals surface area contributed by atoms with E-state index in [-0.39, 0.29) is 18.8 Å². The van der Waals surface area contributed by atoms with Crippen molar-refractivity contribution >= 4 is 6.09 Å². The van der Waals surface area contributed by atoms with Crippen LogP contribution in [0.15, 0.2) is 18.2 Å². The van der Waals surface area contributed by atoms with Gasteiger partial charge in [0.15, 0.2) is 6.23 Å². The Morgan fingerprint density at radius 1 is 1.67 bits per heavy atom. The lowest BCUT2D eigenvalue weighted by molar-refractivity contribution is -0.0454. The Hall–Kier alpha value is -1.66. The van der Waals surface area contributed by atoms with Gasteiger partial charge >= 0.3 is 6.09 Å². The van der Waals surface area contributed by atoms with Gasteiger partial charge in [-0.2, -0.15) is 0 Å². The Bertz CT molecular complexity index is 452. The lowest BCUT2D eigenvalue weighted by Gasteiger charge is -2.29. The molecule has 2 rings (SSSR count). The summed E-state index contributed by atoms with van der Waals surface area (Å²) in [5.41, 5.74) is 0.562. The van der Waals surface area contributed by atoms with Crippen LogP contribution in [0.25, 0.3) is 0 Å². The van der Waals surface area contributed by atoms with Gasteiger partial charge < -0.3 is 14.6 Å². The smallest absolute Gasteiger partial charge is 0.409 e. The lowest BCUT2D eigenvalue weighted by Crippen LogP contribution is -2.36. The quantitative estimate of drug-likeness (QED) is 0.843. The first-order valence-corrected chi connectivity index (χ1v) is 5.64. The van der Waals surface area contributed by atoms with Gasteiger partial charge in [0.1, 0.15) is 11.9 Å². The summed E-state index contributed by atoms with van der Waals surface area (Å²) >= 11 is 0. The predicted octanol–water partition coefficient (Wildman–Crippen LogP) is 1.63. The third-order valence-electron chi connectivity index (χ3n) is 2.65. The highest BCUT2D eigenvalue weighted by molar-refractivity contribution is 5.67. The SMILES string of the molecule is CCOC(=O)NC1OCC(O)c2cccc(F)c21. The molecular weight excluding hydrogens is 241 g/mol. The Balaban J connectivity index is 2.25. The molecule has 2 unspecified atom stereocenters. The molecule has 18 heavy (non-hydrogen) atoms. The molecule has 6 heteroatoms. The van der Waals surface area contributed by atoms with Gasteiger partial charge in [-0.25, -0.2) is 9.18 Å². The molecule has 1 amide bonds. The monoisotopic (exact) mass is 255 g/mol. The fraction of sp³-hybridized carbons (Fsp3) is 0.417. The molecule has 0 saturated carbocycles. The molecule has 0 radical (unpaired) electrons. The van der Waals surface area contributed by atoms with Crippen molar-refractivity contribution in [3.8, 4) is 0 Å². The van der Waals surface area contributed by atoms with Gasteiger partial charge in [-0.15, -0.1) is 0 Å². The molecule has 0 bridgehead atoms. The normalized spacial score (nSPS) is 22.2. The van der Waals surface area contributed by atoms with Crippen molar-refractivity contribution in [2.75, 3.05) is 13.2 Å². The van der Waals surface area contributed by atoms with E-state index >= 15 is 0 Å². The molecule has 0 aromatic heterocycles. The van der Waals surface area contributed by atoms with Gasteiger partial charge in [0.05, 0.1) is 13.2 Å². The zero-order chi connectivity index (χ0) is 13.1. The molecule has 0 aliphatic carbocycles. The number of aliphatic hydroxyl groups is 1.